The number of para-hydroxylation sites is 1. The van der Waals surface area contributed by atoms with Crippen molar-refractivity contribution in [2.45, 2.75) is 58.3 Å². The first-order valence-corrected chi connectivity index (χ1v) is 13.7. The summed E-state index contributed by atoms with van der Waals surface area (Å²) in [4.78, 5) is 41.6. The summed E-state index contributed by atoms with van der Waals surface area (Å²) < 4.78 is 16.7. The Morgan fingerprint density at radius 2 is 1.68 bits per heavy atom. The van der Waals surface area contributed by atoms with Crippen molar-refractivity contribution in [3.8, 4) is 5.75 Å². The maximum Gasteiger partial charge on any atom is 0.347 e. The van der Waals surface area contributed by atoms with Gasteiger partial charge in [0.05, 0.1) is 12.7 Å². The smallest absolute Gasteiger partial charge is 0.347 e. The molecule has 0 atom stereocenters. The lowest BCUT2D eigenvalue weighted by atomic mass is 9.69. The van der Waals surface area contributed by atoms with Gasteiger partial charge in [-0.3, -0.25) is 4.79 Å². The lowest BCUT2D eigenvalue weighted by molar-refractivity contribution is 0.104. The van der Waals surface area contributed by atoms with Gasteiger partial charge in [-0.05, 0) is 72.1 Å². The minimum atomic E-state index is -0.770. The van der Waals surface area contributed by atoms with Crippen LogP contribution in [0.5, 0.6) is 5.75 Å². The molecule has 0 unspecified atom stereocenters. The molecule has 0 radical (unpaired) electrons. The zero-order valence-electron chi connectivity index (χ0n) is 23.8. The third kappa shape index (κ3) is 3.90. The van der Waals surface area contributed by atoms with E-state index in [9.17, 15) is 14.4 Å². The van der Waals surface area contributed by atoms with E-state index in [0.717, 1.165) is 42.4 Å². The van der Waals surface area contributed by atoms with Gasteiger partial charge in [0.15, 0.2) is 17.1 Å². The monoisotopic (exact) mass is 539 g/mol. The topological polar surface area (TPSA) is 90.0 Å². The summed E-state index contributed by atoms with van der Waals surface area (Å²) in [5.41, 5.74) is 3.92. The first kappa shape index (κ1) is 26.1. The van der Waals surface area contributed by atoms with Gasteiger partial charge in [0.25, 0.3) is 0 Å². The highest BCUT2D eigenvalue weighted by molar-refractivity contribution is 6.08. The van der Waals surface area contributed by atoms with Crippen LogP contribution in [0.4, 0.5) is 5.69 Å². The number of fused-ring (bicyclic) bond motifs is 3. The molecule has 0 saturated carbocycles. The van der Waals surface area contributed by atoms with Crippen molar-refractivity contribution in [2.75, 3.05) is 25.1 Å². The molecular weight excluding hydrogens is 506 g/mol. The molecule has 40 heavy (non-hydrogen) atoms. The van der Waals surface area contributed by atoms with Crippen LogP contribution >= 0.6 is 0 Å². The zero-order chi connectivity index (χ0) is 28.6. The summed E-state index contributed by atoms with van der Waals surface area (Å²) in [5, 5.41) is 1.44. The molecule has 7 nitrogen and oxygen atoms in total. The van der Waals surface area contributed by atoms with Crippen LogP contribution in [0, 0.1) is 6.92 Å². The quantitative estimate of drug-likeness (QED) is 0.171. The fraction of sp³-hybridized carbons (Fsp3) is 0.364. The maximum absolute atomic E-state index is 13.4. The Balaban J connectivity index is 1.49. The van der Waals surface area contributed by atoms with E-state index >= 15 is 0 Å². The number of carbonyl (C=O) groups excluding carboxylic acids is 1. The van der Waals surface area contributed by atoms with Crippen molar-refractivity contribution in [3.63, 3.8) is 0 Å². The molecule has 4 aromatic rings. The van der Waals surface area contributed by atoms with Gasteiger partial charge in [-0.1, -0.05) is 39.8 Å². The summed E-state index contributed by atoms with van der Waals surface area (Å²) in [6.45, 7) is 12.8. The molecule has 2 aliphatic rings. The van der Waals surface area contributed by atoms with E-state index in [2.05, 4.69) is 38.7 Å². The number of carbonyl (C=O) groups is 1. The minimum absolute atomic E-state index is 0.0243. The van der Waals surface area contributed by atoms with Gasteiger partial charge in [0, 0.05) is 35.1 Å². The van der Waals surface area contributed by atoms with E-state index in [1.807, 2.05) is 6.92 Å². The predicted molar refractivity (Wildman–Crippen MR) is 157 cm³/mol. The van der Waals surface area contributed by atoms with E-state index in [1.165, 1.54) is 36.6 Å². The number of nitrogens with zero attached hydrogens (tertiary/aromatic N) is 1. The molecular formula is C33H33NO6. The van der Waals surface area contributed by atoms with Crippen LogP contribution in [0.15, 0.2) is 54.8 Å². The highest BCUT2D eigenvalue weighted by atomic mass is 16.5. The second kappa shape index (κ2) is 8.95. The third-order valence-electron chi connectivity index (χ3n) is 8.82. The first-order valence-electron chi connectivity index (χ1n) is 13.7. The van der Waals surface area contributed by atoms with Crippen molar-refractivity contribution in [3.05, 3.63) is 85.1 Å². The van der Waals surface area contributed by atoms with E-state index in [0.29, 0.717) is 22.3 Å². The van der Waals surface area contributed by atoms with Gasteiger partial charge < -0.3 is 18.5 Å². The fourth-order valence-corrected chi connectivity index (χ4v) is 6.27. The second-order valence-corrected chi connectivity index (χ2v) is 12.2. The fourth-order valence-electron chi connectivity index (χ4n) is 6.27. The Labute approximate surface area is 232 Å². The molecule has 6 rings (SSSR count). The minimum Gasteiger partial charge on any atom is -0.493 e. The third-order valence-corrected chi connectivity index (χ3v) is 8.82. The predicted octanol–water partition coefficient (Wildman–Crippen LogP) is 6.28. The van der Waals surface area contributed by atoms with E-state index < -0.39 is 17.0 Å². The van der Waals surface area contributed by atoms with Gasteiger partial charge in [-0.15, -0.1) is 0 Å². The van der Waals surface area contributed by atoms with Crippen LogP contribution in [-0.2, 0) is 10.8 Å². The van der Waals surface area contributed by atoms with Gasteiger partial charge in [-0.25, -0.2) is 9.59 Å². The largest absolute Gasteiger partial charge is 0.493 e. The van der Waals surface area contributed by atoms with Crippen LogP contribution in [0.1, 0.15) is 73.1 Å². The Hall–Kier alpha value is -4.13. The number of ether oxygens (including phenoxy) is 1. The first-order chi connectivity index (χ1) is 18.9. The van der Waals surface area contributed by atoms with Crippen LogP contribution < -0.4 is 20.9 Å². The SMILES string of the molecule is COc1cccc2cc(C(=O)/C=C/c3c(C)c4cc5c6c(c4oc3=O)C(C)(C)CCN6CCC5(C)C)c(=O)oc12. The van der Waals surface area contributed by atoms with Crippen molar-refractivity contribution >= 4 is 39.5 Å². The summed E-state index contributed by atoms with van der Waals surface area (Å²) >= 11 is 0. The number of hydrogen-bond acceptors (Lipinski definition) is 7. The second-order valence-electron chi connectivity index (χ2n) is 12.2. The number of rotatable bonds is 4. The molecule has 4 heterocycles. The van der Waals surface area contributed by atoms with Crippen LogP contribution in [0.2, 0.25) is 0 Å². The normalized spacial score (nSPS) is 17.4. The van der Waals surface area contributed by atoms with Gasteiger partial charge >= 0.3 is 11.3 Å². The number of aryl methyl sites for hydroxylation is 1. The molecule has 0 fully saturated rings. The molecule has 0 amide bonds. The molecule has 2 aliphatic heterocycles. The molecule has 0 aliphatic carbocycles. The summed E-state index contributed by atoms with van der Waals surface area (Å²) in [7, 11) is 1.48. The molecule has 2 aromatic carbocycles. The number of anilines is 1. The molecule has 0 saturated heterocycles. The average molecular weight is 540 g/mol. The Morgan fingerprint density at radius 1 is 0.975 bits per heavy atom. The van der Waals surface area contributed by atoms with Crippen LogP contribution in [-0.4, -0.2) is 26.0 Å². The highest BCUT2D eigenvalue weighted by Gasteiger charge is 2.42. The van der Waals surface area contributed by atoms with Gasteiger partial charge in [0.1, 0.15) is 11.1 Å². The van der Waals surface area contributed by atoms with E-state index in [4.69, 9.17) is 13.6 Å². The molecule has 206 valence electrons. The Bertz CT molecular complexity index is 1870. The summed E-state index contributed by atoms with van der Waals surface area (Å²) in [6.07, 6.45) is 4.70. The molecule has 2 aromatic heterocycles. The number of ketones is 1. The maximum atomic E-state index is 13.4. The van der Waals surface area contributed by atoms with Crippen LogP contribution in [0.3, 0.4) is 0 Å². The van der Waals surface area contributed by atoms with E-state index in [1.54, 1.807) is 18.2 Å². The van der Waals surface area contributed by atoms with Crippen molar-refractivity contribution in [1.82, 2.24) is 0 Å². The number of hydrogen-bond donors (Lipinski definition) is 0. The van der Waals surface area contributed by atoms with Gasteiger partial charge in [-0.2, -0.15) is 0 Å². The zero-order valence-corrected chi connectivity index (χ0v) is 23.8. The number of allylic oxidation sites excluding steroid dienone is 1. The van der Waals surface area contributed by atoms with Crippen LogP contribution in [0.25, 0.3) is 28.0 Å². The molecule has 7 heteroatoms. The Kier molecular flexibility index (Phi) is 5.84. The molecule has 0 spiro atoms. The van der Waals surface area contributed by atoms with Gasteiger partial charge in [0.2, 0.25) is 0 Å². The Morgan fingerprint density at radius 3 is 2.40 bits per heavy atom. The lowest BCUT2D eigenvalue weighted by Gasteiger charge is -2.48. The van der Waals surface area contributed by atoms with Crippen molar-refractivity contribution in [1.29, 1.82) is 0 Å². The van der Waals surface area contributed by atoms with Crippen molar-refractivity contribution in [2.24, 2.45) is 0 Å². The molecule has 0 bridgehead atoms. The average Bonchev–Trinajstić information content (AvgIpc) is 2.90. The summed E-state index contributed by atoms with van der Waals surface area (Å²) in [6, 6.07) is 8.83. The van der Waals surface area contributed by atoms with Crippen molar-refractivity contribution < 1.29 is 18.4 Å². The standard InChI is InChI=1S/C33H33NO6/c1-18-20(10-11-24(35)22-16-19-8-7-9-25(38-6)28(19)39-31(22)37)30(36)40-29-21(18)17-23-27-26(29)33(4,5)13-15-34(27)14-12-32(23,2)3/h7-11,16-17H,12-15H2,1-6H3/b11-10+. The summed E-state index contributed by atoms with van der Waals surface area (Å²) in [5.74, 6) is -0.153. The highest BCUT2D eigenvalue weighted by Crippen LogP contribution is 2.52. The number of methoxy groups -OCH3 is 1. The number of benzene rings is 2. The lowest BCUT2D eigenvalue weighted by Crippen LogP contribution is -2.44. The molecule has 0 N–H and O–H groups in total. The van der Waals surface area contributed by atoms with E-state index in [-0.39, 0.29) is 22.0 Å².